The topological polar surface area (TPSA) is 6.48 Å². The van der Waals surface area contributed by atoms with Gasteiger partial charge >= 0.3 is 0 Å². The summed E-state index contributed by atoms with van der Waals surface area (Å²) in [5.41, 5.74) is 0.446. The summed E-state index contributed by atoms with van der Waals surface area (Å²) in [6, 6.07) is 0. The fourth-order valence-electron chi connectivity index (χ4n) is 2.27. The Kier molecular flexibility index (Phi) is 9.53. The van der Waals surface area contributed by atoms with Crippen LogP contribution in [0, 0.1) is 11.3 Å². The van der Waals surface area contributed by atoms with E-state index in [0.717, 1.165) is 17.8 Å². The SMILES string of the molecule is CCC(CC)(CBr)CN(CCN(C)C)CC(C)C. The van der Waals surface area contributed by atoms with Crippen molar-refractivity contribution in [2.24, 2.45) is 11.3 Å². The molecule has 0 saturated carbocycles. The van der Waals surface area contributed by atoms with Gasteiger partial charge in [0.25, 0.3) is 0 Å². The van der Waals surface area contributed by atoms with Gasteiger partial charge in [-0.05, 0) is 38.3 Å². The summed E-state index contributed by atoms with van der Waals surface area (Å²) in [6.07, 6.45) is 2.51. The normalized spacial score (nSPS) is 13.0. The number of rotatable bonds is 10. The van der Waals surface area contributed by atoms with Crippen LogP contribution in [0.4, 0.5) is 0 Å². The molecular formula is C15H33BrN2. The van der Waals surface area contributed by atoms with Crippen LogP contribution in [-0.4, -0.2) is 55.4 Å². The third-order valence-corrected chi connectivity index (χ3v) is 5.02. The van der Waals surface area contributed by atoms with Crippen LogP contribution in [0.2, 0.25) is 0 Å². The van der Waals surface area contributed by atoms with E-state index in [9.17, 15) is 0 Å². The van der Waals surface area contributed by atoms with Gasteiger partial charge in [0.15, 0.2) is 0 Å². The first-order valence-electron chi connectivity index (χ1n) is 7.32. The molecule has 2 nitrogen and oxygen atoms in total. The zero-order valence-electron chi connectivity index (χ0n) is 13.3. The van der Waals surface area contributed by atoms with Crippen LogP contribution in [0.3, 0.4) is 0 Å². The predicted molar refractivity (Wildman–Crippen MR) is 86.6 cm³/mol. The molecule has 3 heteroatoms. The van der Waals surface area contributed by atoms with Crippen molar-refractivity contribution in [2.75, 3.05) is 45.6 Å². The Labute approximate surface area is 123 Å². The number of alkyl halides is 1. The smallest absolute Gasteiger partial charge is 0.0109 e. The van der Waals surface area contributed by atoms with Gasteiger partial charge in [-0.25, -0.2) is 0 Å². The van der Waals surface area contributed by atoms with Crippen molar-refractivity contribution in [3.05, 3.63) is 0 Å². The zero-order chi connectivity index (χ0) is 14.2. The van der Waals surface area contributed by atoms with Crippen molar-refractivity contribution in [1.29, 1.82) is 0 Å². The molecule has 0 aliphatic heterocycles. The minimum Gasteiger partial charge on any atom is -0.308 e. The van der Waals surface area contributed by atoms with Gasteiger partial charge in [0, 0.05) is 31.5 Å². The van der Waals surface area contributed by atoms with E-state index in [2.05, 4.69) is 67.5 Å². The maximum atomic E-state index is 3.73. The maximum absolute atomic E-state index is 3.73. The number of hydrogen-bond donors (Lipinski definition) is 0. The lowest BCUT2D eigenvalue weighted by atomic mass is 9.84. The second-order valence-electron chi connectivity index (χ2n) is 6.27. The van der Waals surface area contributed by atoms with E-state index in [-0.39, 0.29) is 0 Å². The van der Waals surface area contributed by atoms with Crippen molar-refractivity contribution >= 4 is 15.9 Å². The maximum Gasteiger partial charge on any atom is 0.0109 e. The molecule has 0 spiro atoms. The van der Waals surface area contributed by atoms with E-state index in [1.165, 1.54) is 32.5 Å². The summed E-state index contributed by atoms with van der Waals surface area (Å²) in [5, 5.41) is 1.11. The molecular weight excluding hydrogens is 288 g/mol. The minimum absolute atomic E-state index is 0.446. The first-order chi connectivity index (χ1) is 8.39. The summed E-state index contributed by atoms with van der Waals surface area (Å²) in [5.74, 6) is 0.744. The Morgan fingerprint density at radius 1 is 1.06 bits per heavy atom. The summed E-state index contributed by atoms with van der Waals surface area (Å²) in [6.45, 7) is 14.0. The molecule has 0 atom stereocenters. The molecule has 0 aromatic carbocycles. The first-order valence-corrected chi connectivity index (χ1v) is 8.44. The molecule has 0 N–H and O–H groups in total. The molecule has 0 aliphatic rings. The summed E-state index contributed by atoms with van der Waals surface area (Å²) >= 11 is 3.73. The van der Waals surface area contributed by atoms with Crippen molar-refractivity contribution < 1.29 is 0 Å². The van der Waals surface area contributed by atoms with Crippen molar-refractivity contribution in [3.63, 3.8) is 0 Å². The molecule has 0 fully saturated rings. The first kappa shape index (κ1) is 18.4. The van der Waals surface area contributed by atoms with Crippen LogP contribution in [0.15, 0.2) is 0 Å². The second-order valence-corrected chi connectivity index (χ2v) is 6.83. The minimum atomic E-state index is 0.446. The molecule has 0 rings (SSSR count). The molecule has 0 unspecified atom stereocenters. The van der Waals surface area contributed by atoms with E-state index >= 15 is 0 Å². The highest BCUT2D eigenvalue weighted by Gasteiger charge is 2.27. The molecule has 18 heavy (non-hydrogen) atoms. The lowest BCUT2D eigenvalue weighted by Crippen LogP contribution is -2.43. The second kappa shape index (κ2) is 9.33. The Morgan fingerprint density at radius 3 is 1.94 bits per heavy atom. The van der Waals surface area contributed by atoms with Gasteiger partial charge in [0.05, 0.1) is 0 Å². The predicted octanol–water partition coefficient (Wildman–Crippen LogP) is 3.71. The monoisotopic (exact) mass is 320 g/mol. The molecule has 0 bridgehead atoms. The molecule has 0 saturated heterocycles. The molecule has 0 aromatic rings. The largest absolute Gasteiger partial charge is 0.308 e. The number of likely N-dealkylation sites (N-methyl/N-ethyl adjacent to an activating group) is 1. The van der Waals surface area contributed by atoms with Crippen molar-refractivity contribution in [1.82, 2.24) is 9.80 Å². The quantitative estimate of drug-likeness (QED) is 0.566. The van der Waals surface area contributed by atoms with Crippen LogP contribution in [-0.2, 0) is 0 Å². The average molecular weight is 321 g/mol. The van der Waals surface area contributed by atoms with Gasteiger partial charge in [0.1, 0.15) is 0 Å². The standard InChI is InChI=1S/C15H33BrN2/c1-7-15(8-2,12-16)13-18(11-14(3)4)10-9-17(5)6/h14H,7-13H2,1-6H3. The highest BCUT2D eigenvalue weighted by atomic mass is 79.9. The number of halogens is 1. The van der Waals surface area contributed by atoms with Crippen LogP contribution in [0.25, 0.3) is 0 Å². The number of hydrogen-bond acceptors (Lipinski definition) is 2. The molecule has 0 aromatic heterocycles. The van der Waals surface area contributed by atoms with Gasteiger partial charge in [0.2, 0.25) is 0 Å². The highest BCUT2D eigenvalue weighted by molar-refractivity contribution is 9.09. The van der Waals surface area contributed by atoms with E-state index in [4.69, 9.17) is 0 Å². The molecule has 110 valence electrons. The molecule has 0 radical (unpaired) electrons. The number of nitrogens with zero attached hydrogens (tertiary/aromatic N) is 2. The summed E-state index contributed by atoms with van der Waals surface area (Å²) in [4.78, 5) is 4.93. The fraction of sp³-hybridized carbons (Fsp3) is 1.00. The van der Waals surface area contributed by atoms with Gasteiger partial charge in [-0.15, -0.1) is 0 Å². The zero-order valence-corrected chi connectivity index (χ0v) is 14.9. The summed E-state index contributed by atoms with van der Waals surface area (Å²) in [7, 11) is 4.32. The fourth-order valence-corrected chi connectivity index (χ4v) is 3.24. The highest BCUT2D eigenvalue weighted by Crippen LogP contribution is 2.30. The van der Waals surface area contributed by atoms with Crippen LogP contribution in [0.5, 0.6) is 0 Å². The Balaban J connectivity index is 4.53. The van der Waals surface area contributed by atoms with E-state index in [0.29, 0.717) is 5.41 Å². The average Bonchev–Trinajstić information content (AvgIpc) is 2.32. The summed E-state index contributed by atoms with van der Waals surface area (Å²) < 4.78 is 0. The lowest BCUT2D eigenvalue weighted by molar-refractivity contribution is 0.136. The van der Waals surface area contributed by atoms with Gasteiger partial charge in [-0.3, -0.25) is 0 Å². The Hall–Kier alpha value is 0.400. The Bertz CT molecular complexity index is 192. The van der Waals surface area contributed by atoms with Crippen molar-refractivity contribution in [3.8, 4) is 0 Å². The van der Waals surface area contributed by atoms with Crippen LogP contribution in [0.1, 0.15) is 40.5 Å². The lowest BCUT2D eigenvalue weighted by Gasteiger charge is -2.37. The van der Waals surface area contributed by atoms with Crippen molar-refractivity contribution in [2.45, 2.75) is 40.5 Å². The van der Waals surface area contributed by atoms with Crippen LogP contribution < -0.4 is 0 Å². The van der Waals surface area contributed by atoms with Crippen LogP contribution >= 0.6 is 15.9 Å². The molecule has 0 heterocycles. The Morgan fingerprint density at radius 2 is 1.61 bits per heavy atom. The molecule has 0 amide bonds. The van der Waals surface area contributed by atoms with Gasteiger partial charge in [-0.2, -0.15) is 0 Å². The third-order valence-electron chi connectivity index (χ3n) is 3.83. The van der Waals surface area contributed by atoms with Gasteiger partial charge in [-0.1, -0.05) is 43.6 Å². The van der Waals surface area contributed by atoms with E-state index < -0.39 is 0 Å². The van der Waals surface area contributed by atoms with Gasteiger partial charge < -0.3 is 9.80 Å². The van der Waals surface area contributed by atoms with E-state index in [1.54, 1.807) is 0 Å². The molecule has 0 aliphatic carbocycles. The van der Waals surface area contributed by atoms with E-state index in [1.807, 2.05) is 0 Å². The third kappa shape index (κ3) is 7.10.